The standard InChI is InChI=1S/C17H12ClNO3/c1-10-2-4-11(5-3-10)15(20)9-14-17(21)22-16-7-6-12(18)8-13(16)19-14/h2-8H,9H2,1H3. The summed E-state index contributed by atoms with van der Waals surface area (Å²) in [5, 5.41) is 0.490. The molecule has 0 N–H and O–H groups in total. The lowest BCUT2D eigenvalue weighted by Gasteiger charge is -2.02. The van der Waals surface area contributed by atoms with Gasteiger partial charge in [0.05, 0.1) is 6.42 Å². The van der Waals surface area contributed by atoms with Crippen LogP contribution in [0.4, 0.5) is 0 Å². The van der Waals surface area contributed by atoms with Crippen LogP contribution in [0.5, 0.6) is 0 Å². The number of ketones is 1. The highest BCUT2D eigenvalue weighted by Gasteiger charge is 2.13. The number of carbonyl (C=O) groups excluding carboxylic acids is 1. The molecule has 0 unspecified atom stereocenters. The number of carbonyl (C=O) groups is 1. The fraction of sp³-hybridized carbons (Fsp3) is 0.118. The van der Waals surface area contributed by atoms with Crippen LogP contribution >= 0.6 is 11.6 Å². The molecule has 0 spiro atoms. The average Bonchev–Trinajstić information content (AvgIpc) is 2.49. The van der Waals surface area contributed by atoms with Crippen molar-refractivity contribution in [3.63, 3.8) is 0 Å². The molecule has 22 heavy (non-hydrogen) atoms. The van der Waals surface area contributed by atoms with E-state index in [9.17, 15) is 9.59 Å². The van der Waals surface area contributed by atoms with Crippen molar-refractivity contribution in [3.05, 3.63) is 74.7 Å². The fourth-order valence-electron chi connectivity index (χ4n) is 2.12. The zero-order chi connectivity index (χ0) is 15.7. The molecule has 0 aliphatic carbocycles. The second kappa shape index (κ2) is 5.73. The number of halogens is 1. The van der Waals surface area contributed by atoms with E-state index in [1.807, 2.05) is 19.1 Å². The molecule has 0 amide bonds. The van der Waals surface area contributed by atoms with Gasteiger partial charge in [-0.25, -0.2) is 9.78 Å². The van der Waals surface area contributed by atoms with E-state index in [1.165, 1.54) is 0 Å². The number of benzene rings is 2. The van der Waals surface area contributed by atoms with Crippen molar-refractivity contribution in [3.8, 4) is 0 Å². The summed E-state index contributed by atoms with van der Waals surface area (Å²) in [6.07, 6.45) is -0.103. The van der Waals surface area contributed by atoms with Crippen molar-refractivity contribution in [1.29, 1.82) is 0 Å². The summed E-state index contributed by atoms with van der Waals surface area (Å²) >= 11 is 5.90. The second-order valence-electron chi connectivity index (χ2n) is 5.03. The predicted octanol–water partition coefficient (Wildman–Crippen LogP) is 3.58. The maximum absolute atomic E-state index is 12.2. The van der Waals surface area contributed by atoms with Gasteiger partial charge in [0.2, 0.25) is 0 Å². The fourth-order valence-corrected chi connectivity index (χ4v) is 2.29. The Labute approximate surface area is 131 Å². The first-order valence-corrected chi connectivity index (χ1v) is 7.10. The zero-order valence-electron chi connectivity index (χ0n) is 11.8. The van der Waals surface area contributed by atoms with Crippen molar-refractivity contribution in [1.82, 2.24) is 4.98 Å². The van der Waals surface area contributed by atoms with Crippen LogP contribution in [0.15, 0.2) is 51.7 Å². The Balaban J connectivity index is 1.96. The highest BCUT2D eigenvalue weighted by molar-refractivity contribution is 6.31. The van der Waals surface area contributed by atoms with Crippen LogP contribution < -0.4 is 5.63 Å². The molecular formula is C17H12ClNO3. The van der Waals surface area contributed by atoms with E-state index < -0.39 is 5.63 Å². The van der Waals surface area contributed by atoms with Gasteiger partial charge < -0.3 is 4.42 Å². The molecule has 3 aromatic rings. The number of Topliss-reactive ketones (excluding diaryl/α,β-unsaturated/α-hetero) is 1. The highest BCUT2D eigenvalue weighted by atomic mass is 35.5. The van der Waals surface area contributed by atoms with E-state index >= 15 is 0 Å². The summed E-state index contributed by atoms with van der Waals surface area (Å²) < 4.78 is 5.17. The topological polar surface area (TPSA) is 60.2 Å². The van der Waals surface area contributed by atoms with Crippen molar-refractivity contribution in [2.45, 2.75) is 13.3 Å². The molecule has 0 fully saturated rings. The Hall–Kier alpha value is -2.46. The SMILES string of the molecule is Cc1ccc(C(=O)Cc2nc3cc(Cl)ccc3oc2=O)cc1. The Morgan fingerprint density at radius 3 is 2.64 bits per heavy atom. The molecule has 2 aromatic carbocycles. The summed E-state index contributed by atoms with van der Waals surface area (Å²) in [6.45, 7) is 1.94. The summed E-state index contributed by atoms with van der Waals surface area (Å²) in [6, 6.07) is 12.0. The van der Waals surface area contributed by atoms with Crippen LogP contribution in [0.1, 0.15) is 21.6 Å². The quantitative estimate of drug-likeness (QED) is 0.693. The molecule has 4 nitrogen and oxygen atoms in total. The summed E-state index contributed by atoms with van der Waals surface area (Å²) in [5.74, 6) is -0.179. The molecule has 1 heterocycles. The molecule has 0 atom stereocenters. The van der Waals surface area contributed by atoms with E-state index in [2.05, 4.69) is 4.98 Å². The molecule has 0 saturated carbocycles. The Morgan fingerprint density at radius 1 is 1.18 bits per heavy atom. The monoisotopic (exact) mass is 313 g/mol. The normalized spacial score (nSPS) is 10.8. The molecule has 0 aliphatic rings. The van der Waals surface area contributed by atoms with E-state index in [0.717, 1.165) is 5.56 Å². The van der Waals surface area contributed by atoms with Crippen LogP contribution in [0.2, 0.25) is 5.02 Å². The molecular weight excluding hydrogens is 302 g/mol. The number of hydrogen-bond acceptors (Lipinski definition) is 4. The third-order valence-corrected chi connectivity index (χ3v) is 3.55. The minimum Gasteiger partial charge on any atom is -0.420 e. The van der Waals surface area contributed by atoms with Gasteiger partial charge >= 0.3 is 5.63 Å². The molecule has 1 aromatic heterocycles. The van der Waals surface area contributed by atoms with Gasteiger partial charge in [-0.15, -0.1) is 0 Å². The van der Waals surface area contributed by atoms with Gasteiger partial charge in [-0.3, -0.25) is 4.79 Å². The lowest BCUT2D eigenvalue weighted by molar-refractivity contribution is 0.0991. The third kappa shape index (κ3) is 2.92. The van der Waals surface area contributed by atoms with Crippen LogP contribution in [-0.2, 0) is 6.42 Å². The number of hydrogen-bond donors (Lipinski definition) is 0. The molecule has 0 bridgehead atoms. The van der Waals surface area contributed by atoms with Crippen molar-refractivity contribution < 1.29 is 9.21 Å². The molecule has 110 valence electrons. The predicted molar refractivity (Wildman–Crippen MR) is 84.5 cm³/mol. The van der Waals surface area contributed by atoms with Gasteiger partial charge in [-0.1, -0.05) is 41.4 Å². The smallest absolute Gasteiger partial charge is 0.358 e. The number of nitrogens with zero attached hydrogens (tertiary/aromatic N) is 1. The average molecular weight is 314 g/mol. The largest absolute Gasteiger partial charge is 0.420 e. The molecule has 5 heteroatoms. The zero-order valence-corrected chi connectivity index (χ0v) is 12.6. The maximum Gasteiger partial charge on any atom is 0.358 e. The highest BCUT2D eigenvalue weighted by Crippen LogP contribution is 2.17. The minimum atomic E-state index is -0.602. The third-order valence-electron chi connectivity index (χ3n) is 3.32. The molecule has 0 aliphatic heterocycles. The van der Waals surface area contributed by atoms with E-state index in [-0.39, 0.29) is 17.9 Å². The Morgan fingerprint density at radius 2 is 1.91 bits per heavy atom. The number of fused-ring (bicyclic) bond motifs is 1. The van der Waals surface area contributed by atoms with Crippen LogP contribution in [0, 0.1) is 6.92 Å². The van der Waals surface area contributed by atoms with Crippen molar-refractivity contribution >= 4 is 28.5 Å². The molecule has 3 rings (SSSR count). The van der Waals surface area contributed by atoms with Crippen molar-refractivity contribution in [2.24, 2.45) is 0 Å². The lowest BCUT2D eigenvalue weighted by atomic mass is 10.1. The number of rotatable bonds is 3. The summed E-state index contributed by atoms with van der Waals surface area (Å²) in [7, 11) is 0. The van der Waals surface area contributed by atoms with Gasteiger partial charge in [0.15, 0.2) is 11.4 Å². The first kappa shape index (κ1) is 14.5. The van der Waals surface area contributed by atoms with Gasteiger partial charge in [-0.2, -0.15) is 0 Å². The first-order chi connectivity index (χ1) is 10.5. The minimum absolute atomic E-state index is 0.0836. The summed E-state index contributed by atoms with van der Waals surface area (Å²) in [4.78, 5) is 28.4. The second-order valence-corrected chi connectivity index (χ2v) is 5.46. The Bertz CT molecular complexity index is 913. The van der Waals surface area contributed by atoms with Gasteiger partial charge in [0.25, 0.3) is 0 Å². The van der Waals surface area contributed by atoms with Crippen molar-refractivity contribution in [2.75, 3.05) is 0 Å². The maximum atomic E-state index is 12.2. The molecule has 0 radical (unpaired) electrons. The Kier molecular flexibility index (Phi) is 3.77. The van der Waals surface area contributed by atoms with Gasteiger partial charge in [0.1, 0.15) is 11.2 Å². The summed E-state index contributed by atoms with van der Waals surface area (Å²) in [5.41, 5.74) is 1.89. The van der Waals surface area contributed by atoms with Crippen LogP contribution in [0.3, 0.4) is 0 Å². The molecule has 0 saturated heterocycles. The lowest BCUT2D eigenvalue weighted by Crippen LogP contribution is -2.15. The van der Waals surface area contributed by atoms with Crippen LogP contribution in [0.25, 0.3) is 11.1 Å². The number of aryl methyl sites for hydroxylation is 1. The number of aromatic nitrogens is 1. The van der Waals surface area contributed by atoms with Gasteiger partial charge in [-0.05, 0) is 25.1 Å². The van der Waals surface area contributed by atoms with Crippen LogP contribution in [-0.4, -0.2) is 10.8 Å². The van der Waals surface area contributed by atoms with E-state index in [1.54, 1.807) is 30.3 Å². The van der Waals surface area contributed by atoms with E-state index in [0.29, 0.717) is 21.7 Å². The van der Waals surface area contributed by atoms with E-state index in [4.69, 9.17) is 16.0 Å². The van der Waals surface area contributed by atoms with Gasteiger partial charge in [0, 0.05) is 10.6 Å². The first-order valence-electron chi connectivity index (χ1n) is 6.72.